The third kappa shape index (κ3) is 4.49. The summed E-state index contributed by atoms with van der Waals surface area (Å²) in [6.45, 7) is 1.77. The number of fused-ring (bicyclic) bond motifs is 1. The molecule has 10 heteroatoms. The molecule has 0 aliphatic carbocycles. The molecule has 1 saturated heterocycles. The number of nitrogens with zero attached hydrogens (tertiary/aromatic N) is 3. The zero-order chi connectivity index (χ0) is 24.7. The molecule has 1 aliphatic heterocycles. The predicted molar refractivity (Wildman–Crippen MR) is 131 cm³/mol. The number of anilines is 1. The van der Waals surface area contributed by atoms with Gasteiger partial charge in [-0.05, 0) is 67.9 Å². The van der Waals surface area contributed by atoms with Crippen molar-refractivity contribution in [3.63, 3.8) is 0 Å². The van der Waals surface area contributed by atoms with Crippen LogP contribution in [0.3, 0.4) is 0 Å². The second kappa shape index (κ2) is 8.77. The van der Waals surface area contributed by atoms with Crippen molar-refractivity contribution >= 4 is 32.5 Å². The van der Waals surface area contributed by atoms with Crippen LogP contribution in [0, 0.1) is 12.7 Å². The van der Waals surface area contributed by atoms with Gasteiger partial charge in [-0.1, -0.05) is 0 Å². The van der Waals surface area contributed by atoms with Crippen LogP contribution in [0.2, 0.25) is 0 Å². The zero-order valence-corrected chi connectivity index (χ0v) is 20.0. The number of methoxy groups -OCH3 is 1. The van der Waals surface area contributed by atoms with Gasteiger partial charge in [-0.25, -0.2) is 22.5 Å². The van der Waals surface area contributed by atoms with Gasteiger partial charge >= 0.3 is 0 Å². The summed E-state index contributed by atoms with van der Waals surface area (Å²) in [5.74, 6) is -0.0342. The summed E-state index contributed by atoms with van der Waals surface area (Å²) in [6, 6.07) is 14.0. The third-order valence-electron chi connectivity index (χ3n) is 6.12. The van der Waals surface area contributed by atoms with E-state index in [-0.39, 0.29) is 29.3 Å². The molecule has 0 spiro atoms. The summed E-state index contributed by atoms with van der Waals surface area (Å²) < 4.78 is 44.6. The van der Waals surface area contributed by atoms with E-state index in [1.807, 2.05) is 0 Å². The van der Waals surface area contributed by atoms with Crippen molar-refractivity contribution in [3.05, 3.63) is 71.7 Å². The standard InChI is InChI=1S/C25H23FN4O4S/c1-15-23-21(25(31)27-18-7-9-20(34-2)10-8-18)13-22(16-3-5-17(26)6-4-16)28-24(23)30(29-15)19-11-12-35(32,33)14-19/h3-10,13,19H,11-12,14H2,1-2H3,(H,27,31). The highest BCUT2D eigenvalue weighted by Gasteiger charge is 2.32. The fraction of sp³-hybridized carbons (Fsp3) is 0.240. The molecule has 1 amide bonds. The zero-order valence-electron chi connectivity index (χ0n) is 19.2. The Bertz CT molecular complexity index is 1530. The average molecular weight is 495 g/mol. The number of ether oxygens (including phenoxy) is 1. The summed E-state index contributed by atoms with van der Waals surface area (Å²) in [5.41, 5.74) is 3.00. The van der Waals surface area contributed by atoms with Gasteiger partial charge in [-0.15, -0.1) is 0 Å². The first kappa shape index (κ1) is 23.0. The quantitative estimate of drug-likeness (QED) is 0.447. The summed E-state index contributed by atoms with van der Waals surface area (Å²) in [5, 5.41) is 8.03. The third-order valence-corrected chi connectivity index (χ3v) is 7.87. The Hall–Kier alpha value is -3.79. The van der Waals surface area contributed by atoms with Crippen LogP contribution in [0.1, 0.15) is 28.5 Å². The molecule has 0 radical (unpaired) electrons. The Morgan fingerprint density at radius 1 is 1.14 bits per heavy atom. The lowest BCUT2D eigenvalue weighted by Gasteiger charge is -2.12. The average Bonchev–Trinajstić information content (AvgIpc) is 3.38. The molecule has 35 heavy (non-hydrogen) atoms. The highest BCUT2D eigenvalue weighted by atomic mass is 32.2. The van der Waals surface area contributed by atoms with Crippen LogP contribution in [0.4, 0.5) is 10.1 Å². The topological polar surface area (TPSA) is 103 Å². The molecule has 0 saturated carbocycles. The van der Waals surface area contributed by atoms with Crippen molar-refractivity contribution < 1.29 is 22.3 Å². The van der Waals surface area contributed by atoms with Crippen molar-refractivity contribution in [1.82, 2.24) is 14.8 Å². The number of rotatable bonds is 5. The minimum Gasteiger partial charge on any atom is -0.497 e. The Labute approximate surface area is 201 Å². The molecule has 1 N–H and O–H groups in total. The molecule has 1 aliphatic rings. The lowest BCUT2D eigenvalue weighted by Crippen LogP contribution is -2.15. The normalized spacial score (nSPS) is 16.9. The molecule has 1 atom stereocenters. The van der Waals surface area contributed by atoms with Crippen LogP contribution >= 0.6 is 0 Å². The molecule has 3 heterocycles. The van der Waals surface area contributed by atoms with Gasteiger partial charge in [0.1, 0.15) is 11.6 Å². The number of hydrogen-bond donors (Lipinski definition) is 1. The van der Waals surface area contributed by atoms with Gasteiger partial charge < -0.3 is 10.1 Å². The number of pyridine rings is 1. The van der Waals surface area contributed by atoms with E-state index in [1.54, 1.807) is 61.2 Å². The second-order valence-electron chi connectivity index (χ2n) is 8.53. The number of aromatic nitrogens is 3. The molecular weight excluding hydrogens is 471 g/mol. The van der Waals surface area contributed by atoms with Crippen LogP contribution in [0.25, 0.3) is 22.3 Å². The van der Waals surface area contributed by atoms with Gasteiger partial charge in [-0.3, -0.25) is 4.79 Å². The fourth-order valence-electron chi connectivity index (χ4n) is 4.36. The molecule has 4 aromatic rings. The van der Waals surface area contributed by atoms with Crippen molar-refractivity contribution in [1.29, 1.82) is 0 Å². The predicted octanol–water partition coefficient (Wildman–Crippen LogP) is 4.17. The summed E-state index contributed by atoms with van der Waals surface area (Å²) in [7, 11) is -1.60. The van der Waals surface area contributed by atoms with E-state index < -0.39 is 9.84 Å². The maximum Gasteiger partial charge on any atom is 0.256 e. The highest BCUT2D eigenvalue weighted by Crippen LogP contribution is 2.32. The van der Waals surface area contributed by atoms with Crippen LogP contribution in [-0.4, -0.2) is 47.7 Å². The molecule has 2 aromatic heterocycles. The van der Waals surface area contributed by atoms with Crippen LogP contribution < -0.4 is 10.1 Å². The largest absolute Gasteiger partial charge is 0.497 e. The Morgan fingerprint density at radius 3 is 2.49 bits per heavy atom. The van der Waals surface area contributed by atoms with E-state index >= 15 is 0 Å². The van der Waals surface area contributed by atoms with Crippen molar-refractivity contribution in [2.75, 3.05) is 23.9 Å². The van der Waals surface area contributed by atoms with Crippen LogP contribution in [0.5, 0.6) is 5.75 Å². The van der Waals surface area contributed by atoms with E-state index in [2.05, 4.69) is 10.4 Å². The maximum atomic E-state index is 13.5. The number of benzene rings is 2. The molecule has 0 bridgehead atoms. The summed E-state index contributed by atoms with van der Waals surface area (Å²) >= 11 is 0. The smallest absolute Gasteiger partial charge is 0.256 e. The SMILES string of the molecule is COc1ccc(NC(=O)c2cc(-c3ccc(F)cc3)nc3c2c(C)nn3C2CCS(=O)(=O)C2)cc1. The van der Waals surface area contributed by atoms with E-state index in [9.17, 15) is 17.6 Å². The lowest BCUT2D eigenvalue weighted by atomic mass is 10.0. The van der Waals surface area contributed by atoms with Gasteiger partial charge in [0, 0.05) is 11.3 Å². The van der Waals surface area contributed by atoms with E-state index in [0.29, 0.717) is 51.4 Å². The molecule has 180 valence electrons. The number of hydrogen-bond acceptors (Lipinski definition) is 6. The molecule has 1 unspecified atom stereocenters. The minimum atomic E-state index is -3.16. The van der Waals surface area contributed by atoms with E-state index in [4.69, 9.17) is 9.72 Å². The number of carbonyl (C=O) groups is 1. The molecule has 8 nitrogen and oxygen atoms in total. The summed E-state index contributed by atoms with van der Waals surface area (Å²) in [6.07, 6.45) is 0.425. The Kier molecular flexibility index (Phi) is 5.76. The van der Waals surface area contributed by atoms with E-state index in [0.717, 1.165) is 0 Å². The van der Waals surface area contributed by atoms with Crippen LogP contribution in [0.15, 0.2) is 54.6 Å². The van der Waals surface area contributed by atoms with Crippen molar-refractivity contribution in [2.45, 2.75) is 19.4 Å². The van der Waals surface area contributed by atoms with Gasteiger partial charge in [0.15, 0.2) is 15.5 Å². The van der Waals surface area contributed by atoms with Crippen molar-refractivity contribution in [2.24, 2.45) is 0 Å². The fourth-order valence-corrected chi connectivity index (χ4v) is 6.05. The van der Waals surface area contributed by atoms with Gasteiger partial charge in [0.2, 0.25) is 0 Å². The first-order valence-electron chi connectivity index (χ1n) is 11.1. The first-order valence-corrected chi connectivity index (χ1v) is 12.9. The lowest BCUT2D eigenvalue weighted by molar-refractivity contribution is 0.102. The molecular formula is C25H23FN4O4S. The summed E-state index contributed by atoms with van der Waals surface area (Å²) in [4.78, 5) is 18.2. The number of amides is 1. The highest BCUT2D eigenvalue weighted by molar-refractivity contribution is 7.91. The number of aryl methyl sites for hydroxylation is 1. The molecule has 5 rings (SSSR count). The van der Waals surface area contributed by atoms with Gasteiger partial charge in [0.05, 0.1) is 47.0 Å². The minimum absolute atomic E-state index is 0.0287. The van der Waals surface area contributed by atoms with Crippen LogP contribution in [-0.2, 0) is 9.84 Å². The van der Waals surface area contributed by atoms with Gasteiger partial charge in [-0.2, -0.15) is 5.10 Å². The van der Waals surface area contributed by atoms with E-state index in [1.165, 1.54) is 12.1 Å². The number of sulfone groups is 1. The number of carbonyl (C=O) groups excluding carboxylic acids is 1. The maximum absolute atomic E-state index is 13.5. The number of nitrogens with one attached hydrogen (secondary N) is 1. The second-order valence-corrected chi connectivity index (χ2v) is 10.8. The molecule has 1 fully saturated rings. The van der Waals surface area contributed by atoms with Gasteiger partial charge in [0.25, 0.3) is 5.91 Å². The first-order chi connectivity index (χ1) is 16.7. The monoisotopic (exact) mass is 494 g/mol. The Morgan fingerprint density at radius 2 is 1.86 bits per heavy atom. The Balaban J connectivity index is 1.64. The van der Waals surface area contributed by atoms with Crippen molar-refractivity contribution in [3.8, 4) is 17.0 Å². The number of halogens is 1. The molecule has 2 aromatic carbocycles.